The highest BCUT2D eigenvalue weighted by atomic mass is 16.7. The van der Waals surface area contributed by atoms with E-state index in [0.29, 0.717) is 0 Å². The van der Waals surface area contributed by atoms with Crippen LogP contribution in [0.4, 0.5) is 0 Å². The Labute approximate surface area is 475 Å². The molecule has 0 bridgehead atoms. The van der Waals surface area contributed by atoms with Gasteiger partial charge in [0.2, 0.25) is 53.2 Å². The van der Waals surface area contributed by atoms with Crippen molar-refractivity contribution in [1.29, 1.82) is 0 Å². The van der Waals surface area contributed by atoms with Crippen molar-refractivity contribution in [2.24, 2.45) is 29.4 Å². The van der Waals surface area contributed by atoms with Gasteiger partial charge in [-0.15, -0.1) is 0 Å². The van der Waals surface area contributed by atoms with Crippen LogP contribution in [0, 0.1) is 23.7 Å². The van der Waals surface area contributed by atoms with Crippen molar-refractivity contribution in [3.63, 3.8) is 0 Å². The maximum Gasteiger partial charge on any atom is 0.325 e. The molecule has 468 valence electrons. The molecule has 9 amide bonds. The van der Waals surface area contributed by atoms with Gasteiger partial charge < -0.3 is 108 Å². The normalized spacial score (nSPS) is 27.9. The number of hydrogen-bond donors (Lipinski definition) is 16. The fraction of sp³-hybridized carbons (Fsp3) is 0.804. The largest absolute Gasteiger partial charge is 0.480 e. The number of hydrogen-bond acceptors (Lipinski definition) is 21. The Morgan fingerprint density at radius 2 is 0.976 bits per heavy atom. The molecule has 3 heterocycles. The summed E-state index contributed by atoms with van der Waals surface area (Å²) in [5, 5.41) is 91.7. The van der Waals surface area contributed by atoms with E-state index in [-0.39, 0.29) is 13.0 Å². The number of carboxylic acids is 1. The zero-order chi connectivity index (χ0) is 62.5. The first-order valence-electron chi connectivity index (χ1n) is 27.3. The van der Waals surface area contributed by atoms with Gasteiger partial charge in [-0.05, 0) is 57.8 Å². The number of likely N-dealkylation sites (tertiary alicyclic amines) is 1. The molecule has 0 saturated carbocycles. The summed E-state index contributed by atoms with van der Waals surface area (Å²) in [5.74, 6) is -10.3. The summed E-state index contributed by atoms with van der Waals surface area (Å²) in [7, 11) is 0. The number of rotatable bonds is 28. The number of nitrogens with zero attached hydrogens (tertiary/aromatic N) is 1. The lowest BCUT2D eigenvalue weighted by Crippen LogP contribution is -2.68. The van der Waals surface area contributed by atoms with Gasteiger partial charge in [0.1, 0.15) is 103 Å². The van der Waals surface area contributed by atoms with E-state index in [1.807, 2.05) is 0 Å². The number of nitrogens with one attached hydrogen (secondary N) is 8. The average Bonchev–Trinajstić information content (AvgIpc) is 3.33. The van der Waals surface area contributed by atoms with Gasteiger partial charge in [0.15, 0.2) is 12.6 Å². The number of ether oxygens (including phenoxy) is 4. The molecule has 0 aromatic rings. The van der Waals surface area contributed by atoms with Crippen LogP contribution in [0.2, 0.25) is 0 Å². The Balaban J connectivity index is 1.64. The number of carbonyl (C=O) groups excluding carboxylic acids is 9. The van der Waals surface area contributed by atoms with Crippen LogP contribution in [0.1, 0.15) is 96.4 Å². The summed E-state index contributed by atoms with van der Waals surface area (Å²) in [6, 6.07) is -12.8. The van der Waals surface area contributed by atoms with Crippen LogP contribution in [0.25, 0.3) is 0 Å². The Bertz CT molecular complexity index is 2240. The van der Waals surface area contributed by atoms with Gasteiger partial charge >= 0.3 is 5.97 Å². The molecule has 3 saturated heterocycles. The summed E-state index contributed by atoms with van der Waals surface area (Å²) in [4.78, 5) is 133. The summed E-state index contributed by atoms with van der Waals surface area (Å²) < 4.78 is 23.0. The molecular weight excluding hydrogens is 1090 g/mol. The van der Waals surface area contributed by atoms with Crippen LogP contribution in [-0.4, -0.2) is 241 Å². The van der Waals surface area contributed by atoms with Crippen molar-refractivity contribution < 1.29 is 103 Å². The lowest BCUT2D eigenvalue weighted by molar-refractivity contribution is -0.347. The summed E-state index contributed by atoms with van der Waals surface area (Å²) >= 11 is 0. The molecule has 82 heavy (non-hydrogen) atoms. The van der Waals surface area contributed by atoms with Crippen molar-refractivity contribution in [3.8, 4) is 0 Å². The molecule has 0 spiro atoms. The second-order valence-corrected chi connectivity index (χ2v) is 22.4. The zero-order valence-corrected chi connectivity index (χ0v) is 48.6. The van der Waals surface area contributed by atoms with E-state index in [2.05, 4.69) is 42.5 Å². The van der Waals surface area contributed by atoms with Crippen LogP contribution in [0.5, 0.6) is 0 Å². The van der Waals surface area contributed by atoms with E-state index >= 15 is 0 Å². The third-order valence-electron chi connectivity index (χ3n) is 14.3. The molecule has 31 heteroatoms. The van der Waals surface area contributed by atoms with Gasteiger partial charge in [-0.2, -0.15) is 0 Å². The first kappa shape index (κ1) is 70.5. The van der Waals surface area contributed by atoms with Crippen LogP contribution in [0.3, 0.4) is 0 Å². The fourth-order valence-electron chi connectivity index (χ4n) is 8.96. The molecule has 3 rings (SSSR count). The van der Waals surface area contributed by atoms with E-state index in [4.69, 9.17) is 24.7 Å². The summed E-state index contributed by atoms with van der Waals surface area (Å²) in [5.41, 5.74) is 6.35. The highest BCUT2D eigenvalue weighted by Crippen LogP contribution is 2.31. The van der Waals surface area contributed by atoms with Gasteiger partial charge in [0, 0.05) is 13.5 Å². The van der Waals surface area contributed by atoms with Gasteiger partial charge in [0.25, 0.3) is 0 Å². The standard InChI is InChI=1S/C51H88N10O21/c1-18(2)31(45(73)55-24(11)49(77)78)58-47(75)33(20(5)6)59-46(74)32(19(3)4)57-42(70)23(10)53-41(69)22(9)54-43(71)27-14-15-61(27)48(76)34(21(7)8)60-44(72)30(52)25(12)79-50-35(56-26(13)64)40(37(66)29(17-63)80-50)82-51-39(68)38(67)36(65)28(16-62)81-51/h18-25,27-40,50-51,62-63,65-68H,14-17,52H2,1-13H3,(H,53,69)(H,54,71)(H,55,73)(H,56,64)(H,57,70)(H,58,75)(H,59,74)(H,60,72)(H,77,78)/t22-,23-,24-,25+,27-,28+,29+,30-,31-,32-,33-,34-,35+,36-,37-,38-,39+,40+,50-,51-/m0/s1. The topological polar surface area (TPSA) is 475 Å². The lowest BCUT2D eigenvalue weighted by Gasteiger charge is -2.48. The average molecular weight is 1180 g/mol. The minimum atomic E-state index is -1.93. The van der Waals surface area contributed by atoms with Gasteiger partial charge in [-0.1, -0.05) is 55.4 Å². The molecule has 3 fully saturated rings. The van der Waals surface area contributed by atoms with E-state index in [1.165, 1.54) is 32.6 Å². The number of aliphatic hydroxyl groups is 6. The van der Waals surface area contributed by atoms with Crippen LogP contribution in [-0.2, 0) is 66.9 Å². The molecule has 0 aliphatic carbocycles. The number of aliphatic hydroxyl groups excluding tert-OH is 6. The van der Waals surface area contributed by atoms with Crippen LogP contribution < -0.4 is 48.3 Å². The predicted octanol–water partition coefficient (Wildman–Crippen LogP) is -6.75. The summed E-state index contributed by atoms with van der Waals surface area (Å²) in [6.45, 7) is 17.9. The van der Waals surface area contributed by atoms with Gasteiger partial charge in [-0.3, -0.25) is 47.9 Å². The minimum Gasteiger partial charge on any atom is -0.480 e. The number of carboxylic acid groups (broad SMARTS) is 1. The predicted molar refractivity (Wildman–Crippen MR) is 284 cm³/mol. The van der Waals surface area contributed by atoms with Crippen molar-refractivity contribution >= 4 is 59.1 Å². The Morgan fingerprint density at radius 3 is 1.43 bits per heavy atom. The maximum absolute atomic E-state index is 14.0. The van der Waals surface area contributed by atoms with E-state index < -0.39 is 218 Å². The Hall–Kier alpha value is -5.74. The second kappa shape index (κ2) is 31.2. The SMILES string of the molecule is CC(=O)N[C@H]1[C@@H](O[C@H](C)[C@H](N)C(=O)N[C@H](C(=O)N2CC[C@H]2C(=O)N[C@@H](C)C(=O)N[C@@H](C)C(=O)N[C@H](C(=O)N[C@H](C(=O)N[C@H](C(=O)N[C@@H](C)C(=O)O)C(C)C)C(C)C)C(C)C)C(C)C)O[C@H](CO)[C@H](O)[C@@H]1O[C@@H]1O[C@H](CO)[C@H](O)[C@H](O)[C@H]1O. The van der Waals surface area contributed by atoms with Crippen molar-refractivity contribution in [3.05, 3.63) is 0 Å². The third kappa shape index (κ3) is 18.4. The molecule has 20 atom stereocenters. The molecule has 31 nitrogen and oxygen atoms in total. The van der Waals surface area contributed by atoms with Crippen molar-refractivity contribution in [1.82, 2.24) is 47.4 Å². The quantitative estimate of drug-likeness (QED) is 0.0346. The number of carbonyl (C=O) groups is 10. The molecule has 3 aliphatic rings. The number of nitrogens with two attached hydrogens (primary N) is 1. The maximum atomic E-state index is 14.0. The third-order valence-corrected chi connectivity index (χ3v) is 14.3. The minimum absolute atomic E-state index is 0.0872. The molecule has 0 aromatic heterocycles. The molecule has 17 N–H and O–H groups in total. The van der Waals surface area contributed by atoms with Crippen molar-refractivity contribution in [2.45, 2.75) is 218 Å². The van der Waals surface area contributed by atoms with E-state index in [1.54, 1.807) is 55.4 Å². The van der Waals surface area contributed by atoms with Gasteiger partial charge in [-0.25, -0.2) is 0 Å². The molecule has 0 unspecified atom stereocenters. The molecular formula is C51H88N10O21. The van der Waals surface area contributed by atoms with E-state index in [0.717, 1.165) is 6.92 Å². The van der Waals surface area contributed by atoms with E-state index in [9.17, 15) is 83.7 Å². The first-order chi connectivity index (χ1) is 38.1. The highest BCUT2D eigenvalue weighted by Gasteiger charge is 2.53. The Morgan fingerprint density at radius 1 is 0.549 bits per heavy atom. The first-order valence-corrected chi connectivity index (χ1v) is 27.3. The van der Waals surface area contributed by atoms with Crippen LogP contribution in [0.15, 0.2) is 0 Å². The molecule has 0 radical (unpaired) electrons. The number of aliphatic carboxylic acids is 1. The monoisotopic (exact) mass is 1180 g/mol. The number of amides is 9. The molecule has 3 aliphatic heterocycles. The molecule has 0 aromatic carbocycles. The zero-order valence-electron chi connectivity index (χ0n) is 48.6. The second-order valence-electron chi connectivity index (χ2n) is 22.4. The smallest absolute Gasteiger partial charge is 0.325 e. The lowest BCUT2D eigenvalue weighted by atomic mass is 9.95. The highest BCUT2D eigenvalue weighted by molar-refractivity contribution is 5.98. The Kier molecular flexibility index (Phi) is 26.9. The summed E-state index contributed by atoms with van der Waals surface area (Å²) in [6.07, 6.45) is -16.4. The fourth-order valence-corrected chi connectivity index (χ4v) is 8.96. The van der Waals surface area contributed by atoms with Gasteiger partial charge in [0.05, 0.1) is 19.3 Å². The van der Waals surface area contributed by atoms with Crippen molar-refractivity contribution in [2.75, 3.05) is 19.8 Å². The van der Waals surface area contributed by atoms with Crippen LogP contribution >= 0.6 is 0 Å².